The molecule has 1 aromatic heterocycles. The van der Waals surface area contributed by atoms with E-state index in [0.717, 1.165) is 12.0 Å². The third kappa shape index (κ3) is 4.05. The second-order valence-electron chi connectivity index (χ2n) is 5.06. The molecule has 4 nitrogen and oxygen atoms in total. The normalized spacial score (nSPS) is 16.9. The minimum absolute atomic E-state index is 0.0523. The van der Waals surface area contributed by atoms with Crippen LogP contribution in [0.4, 0.5) is 14.5 Å². The number of amides is 1. The lowest BCUT2D eigenvalue weighted by molar-refractivity contribution is -0.119. The lowest BCUT2D eigenvalue weighted by Gasteiger charge is -2.22. The van der Waals surface area contributed by atoms with Gasteiger partial charge >= 0.3 is 6.61 Å². The van der Waals surface area contributed by atoms with Crippen LogP contribution >= 0.6 is 11.3 Å². The van der Waals surface area contributed by atoms with E-state index in [-0.39, 0.29) is 24.2 Å². The monoisotopic (exact) mass is 339 g/mol. The number of carbonyl (C=O) groups excluding carboxylic acids is 1. The summed E-state index contributed by atoms with van der Waals surface area (Å²) in [5.41, 5.74) is 1.61. The van der Waals surface area contributed by atoms with Gasteiger partial charge in [0.2, 0.25) is 5.91 Å². The first-order chi connectivity index (χ1) is 11.1. The van der Waals surface area contributed by atoms with Crippen LogP contribution in [0.3, 0.4) is 0 Å². The Morgan fingerprint density at radius 1 is 1.35 bits per heavy atom. The number of alkyl halides is 2. The molecule has 1 atom stereocenters. The van der Waals surface area contributed by atoms with Crippen LogP contribution in [0, 0.1) is 0 Å². The summed E-state index contributed by atoms with van der Waals surface area (Å²) in [6.45, 7) is -2.25. The van der Waals surface area contributed by atoms with Gasteiger partial charge in [-0.1, -0.05) is 0 Å². The Hall–Kier alpha value is -1.99. The average molecular weight is 339 g/mol. The van der Waals surface area contributed by atoms with Gasteiger partial charge in [-0.15, -0.1) is 11.3 Å². The number of benzene rings is 1. The fourth-order valence-electron chi connectivity index (χ4n) is 2.49. The maximum absolute atomic E-state index is 12.1. The molecule has 122 valence electrons. The molecule has 0 saturated carbocycles. The highest BCUT2D eigenvalue weighted by molar-refractivity contribution is 7.10. The lowest BCUT2D eigenvalue weighted by atomic mass is 10.0. The summed E-state index contributed by atoms with van der Waals surface area (Å²) in [6, 6.07) is 7.81. The summed E-state index contributed by atoms with van der Waals surface area (Å²) in [5.74, 6) is -0.131. The molecule has 0 aliphatic carbocycles. The number of ether oxygens (including phenoxy) is 2. The molecule has 0 bridgehead atoms. The number of hydrogen-bond donors (Lipinski definition) is 1. The van der Waals surface area contributed by atoms with Gasteiger partial charge in [-0.25, -0.2) is 0 Å². The Bertz CT molecular complexity index is 672. The zero-order valence-corrected chi connectivity index (χ0v) is 12.9. The number of thiophene rings is 1. The molecule has 0 saturated heterocycles. The Labute approximate surface area is 136 Å². The third-order valence-electron chi connectivity index (χ3n) is 3.51. The predicted molar refractivity (Wildman–Crippen MR) is 83.0 cm³/mol. The highest BCUT2D eigenvalue weighted by atomic mass is 32.1. The quantitative estimate of drug-likeness (QED) is 0.896. The lowest BCUT2D eigenvalue weighted by Crippen LogP contribution is -2.21. The third-order valence-corrected chi connectivity index (χ3v) is 4.51. The minimum Gasteiger partial charge on any atom is -0.435 e. The van der Waals surface area contributed by atoms with Crippen LogP contribution in [0.2, 0.25) is 0 Å². The summed E-state index contributed by atoms with van der Waals surface area (Å²) in [5, 5.41) is 4.74. The van der Waals surface area contributed by atoms with Gasteiger partial charge in [0.25, 0.3) is 0 Å². The van der Waals surface area contributed by atoms with E-state index in [1.54, 1.807) is 11.3 Å². The number of hydrogen-bond acceptors (Lipinski definition) is 4. The van der Waals surface area contributed by atoms with E-state index in [4.69, 9.17) is 4.74 Å². The van der Waals surface area contributed by atoms with Gasteiger partial charge < -0.3 is 14.8 Å². The Morgan fingerprint density at radius 3 is 2.87 bits per heavy atom. The number of carbonyl (C=O) groups is 1. The molecular weight excluding hydrogens is 324 g/mol. The average Bonchev–Trinajstić information content (AvgIpc) is 2.98. The first-order valence-electron chi connectivity index (χ1n) is 7.14. The molecule has 3 rings (SSSR count). The second kappa shape index (κ2) is 7.06. The molecule has 23 heavy (non-hydrogen) atoms. The van der Waals surface area contributed by atoms with Crippen LogP contribution in [0.5, 0.6) is 5.75 Å². The van der Waals surface area contributed by atoms with E-state index in [9.17, 15) is 13.6 Å². The predicted octanol–water partition coefficient (Wildman–Crippen LogP) is 3.99. The first-order valence-corrected chi connectivity index (χ1v) is 8.02. The van der Waals surface area contributed by atoms with Crippen LogP contribution in [-0.4, -0.2) is 19.1 Å². The number of halogens is 2. The van der Waals surface area contributed by atoms with E-state index in [0.29, 0.717) is 12.3 Å². The molecule has 0 radical (unpaired) electrons. The second-order valence-corrected chi connectivity index (χ2v) is 6.06. The summed E-state index contributed by atoms with van der Waals surface area (Å²) >= 11 is 1.68. The molecule has 1 aliphatic heterocycles. The van der Waals surface area contributed by atoms with Gasteiger partial charge in [0.1, 0.15) is 5.75 Å². The number of rotatable bonds is 5. The van der Waals surface area contributed by atoms with Crippen molar-refractivity contribution in [2.24, 2.45) is 0 Å². The smallest absolute Gasteiger partial charge is 0.387 e. The van der Waals surface area contributed by atoms with Crippen molar-refractivity contribution < 1.29 is 23.0 Å². The van der Waals surface area contributed by atoms with Crippen LogP contribution in [-0.2, 0) is 16.0 Å². The number of fused-ring (bicyclic) bond motifs is 1. The van der Waals surface area contributed by atoms with Crippen molar-refractivity contribution >= 4 is 22.9 Å². The van der Waals surface area contributed by atoms with Crippen molar-refractivity contribution in [1.29, 1.82) is 0 Å². The van der Waals surface area contributed by atoms with Crippen LogP contribution in [0.15, 0.2) is 35.7 Å². The summed E-state index contributed by atoms with van der Waals surface area (Å²) in [6.07, 6.45) is 0.877. The van der Waals surface area contributed by atoms with Crippen molar-refractivity contribution in [1.82, 2.24) is 0 Å². The molecule has 0 spiro atoms. The Kier molecular flexibility index (Phi) is 4.88. The van der Waals surface area contributed by atoms with Gasteiger partial charge in [0.05, 0.1) is 19.1 Å². The van der Waals surface area contributed by atoms with Crippen molar-refractivity contribution in [2.45, 2.75) is 25.6 Å². The maximum Gasteiger partial charge on any atom is 0.387 e. The van der Waals surface area contributed by atoms with Gasteiger partial charge in [0.15, 0.2) is 0 Å². The van der Waals surface area contributed by atoms with E-state index < -0.39 is 6.61 Å². The molecule has 1 aromatic carbocycles. The summed E-state index contributed by atoms with van der Waals surface area (Å²) < 4.78 is 34.1. The largest absolute Gasteiger partial charge is 0.435 e. The molecule has 1 N–H and O–H groups in total. The van der Waals surface area contributed by atoms with Gasteiger partial charge in [-0.3, -0.25) is 4.79 Å². The molecule has 7 heteroatoms. The molecule has 2 aromatic rings. The fraction of sp³-hybridized carbons (Fsp3) is 0.312. The van der Waals surface area contributed by atoms with E-state index in [1.807, 2.05) is 11.4 Å². The van der Waals surface area contributed by atoms with Crippen LogP contribution < -0.4 is 10.1 Å². The van der Waals surface area contributed by atoms with E-state index >= 15 is 0 Å². The summed E-state index contributed by atoms with van der Waals surface area (Å²) in [7, 11) is 0. The highest BCUT2D eigenvalue weighted by Gasteiger charge is 2.24. The van der Waals surface area contributed by atoms with Gasteiger partial charge in [0, 0.05) is 17.0 Å². The summed E-state index contributed by atoms with van der Waals surface area (Å²) in [4.78, 5) is 13.4. The van der Waals surface area contributed by atoms with Crippen molar-refractivity contribution in [3.63, 3.8) is 0 Å². The number of anilines is 1. The standard InChI is InChI=1S/C16H15F2NO3S/c17-16(18)22-11-3-1-10(2-4-11)19-15(20)9-13-12-6-8-23-14(12)5-7-21-13/h1-4,6,8,13,16H,5,7,9H2,(H,19,20)/t13-/m1/s1. The minimum atomic E-state index is -2.86. The molecular formula is C16H15F2NO3S. The van der Waals surface area contributed by atoms with E-state index in [1.165, 1.54) is 29.1 Å². The molecule has 1 aliphatic rings. The maximum atomic E-state index is 12.1. The zero-order chi connectivity index (χ0) is 16.2. The van der Waals surface area contributed by atoms with Crippen molar-refractivity contribution in [2.75, 3.05) is 11.9 Å². The first kappa shape index (κ1) is 15.9. The van der Waals surface area contributed by atoms with Crippen LogP contribution in [0.25, 0.3) is 0 Å². The fourth-order valence-corrected chi connectivity index (χ4v) is 3.41. The van der Waals surface area contributed by atoms with Crippen molar-refractivity contribution in [3.05, 3.63) is 46.2 Å². The number of nitrogens with one attached hydrogen (secondary N) is 1. The van der Waals surface area contributed by atoms with E-state index in [2.05, 4.69) is 10.1 Å². The molecule has 1 amide bonds. The molecule has 2 heterocycles. The topological polar surface area (TPSA) is 47.6 Å². The highest BCUT2D eigenvalue weighted by Crippen LogP contribution is 2.33. The SMILES string of the molecule is O=C(C[C@H]1OCCc2sccc21)Nc1ccc(OC(F)F)cc1. The van der Waals surface area contributed by atoms with Crippen molar-refractivity contribution in [3.8, 4) is 5.75 Å². The van der Waals surface area contributed by atoms with Gasteiger partial charge in [-0.2, -0.15) is 8.78 Å². The zero-order valence-electron chi connectivity index (χ0n) is 12.1. The Morgan fingerprint density at radius 2 is 2.13 bits per heavy atom. The molecule has 0 fully saturated rings. The van der Waals surface area contributed by atoms with Gasteiger partial charge in [-0.05, 0) is 41.3 Å². The molecule has 0 unspecified atom stereocenters. The Balaban J connectivity index is 1.58. The van der Waals surface area contributed by atoms with Crippen LogP contribution in [0.1, 0.15) is 23.0 Å².